The molecule has 1 N–H and O–H groups in total. The van der Waals surface area contributed by atoms with Gasteiger partial charge >= 0.3 is 5.97 Å². The van der Waals surface area contributed by atoms with Gasteiger partial charge in [-0.3, -0.25) is 14.5 Å². The van der Waals surface area contributed by atoms with Crippen molar-refractivity contribution in [3.63, 3.8) is 0 Å². The highest BCUT2D eigenvalue weighted by atomic mass is 16.4. The van der Waals surface area contributed by atoms with Crippen LogP contribution in [-0.4, -0.2) is 22.9 Å². The molecule has 0 bridgehead atoms. The molecule has 1 aliphatic rings. The Morgan fingerprint density at radius 3 is 2.26 bits per heavy atom. The summed E-state index contributed by atoms with van der Waals surface area (Å²) in [7, 11) is 0. The van der Waals surface area contributed by atoms with Crippen molar-refractivity contribution in [2.75, 3.05) is 4.90 Å². The molecule has 0 spiro atoms. The molecule has 0 atom stereocenters. The Kier molecular flexibility index (Phi) is 3.64. The average Bonchev–Trinajstić information content (AvgIpc) is 2.52. The SMILES string of the molecule is Cc1ccc(N2C(=O)CCCCC2=O)cc1C(=O)O. The Labute approximate surface area is 110 Å². The van der Waals surface area contributed by atoms with Crippen molar-refractivity contribution in [2.45, 2.75) is 32.6 Å². The van der Waals surface area contributed by atoms with Gasteiger partial charge in [0.25, 0.3) is 0 Å². The first-order valence-corrected chi connectivity index (χ1v) is 6.20. The number of imide groups is 1. The fraction of sp³-hybridized carbons (Fsp3) is 0.357. The van der Waals surface area contributed by atoms with E-state index in [1.54, 1.807) is 19.1 Å². The third-order valence-corrected chi connectivity index (χ3v) is 3.24. The Hall–Kier alpha value is -2.17. The summed E-state index contributed by atoms with van der Waals surface area (Å²) in [5.74, 6) is -1.58. The zero-order valence-corrected chi connectivity index (χ0v) is 10.7. The molecule has 2 rings (SSSR count). The van der Waals surface area contributed by atoms with Gasteiger partial charge in [0.05, 0.1) is 11.3 Å². The van der Waals surface area contributed by atoms with Gasteiger partial charge in [-0.05, 0) is 37.5 Å². The summed E-state index contributed by atoms with van der Waals surface area (Å²) in [6, 6.07) is 4.62. The molecule has 0 unspecified atom stereocenters. The van der Waals surface area contributed by atoms with E-state index in [0.29, 0.717) is 36.9 Å². The number of carboxylic acid groups (broad SMARTS) is 1. The number of carboxylic acids is 1. The van der Waals surface area contributed by atoms with Gasteiger partial charge in [0, 0.05) is 12.8 Å². The van der Waals surface area contributed by atoms with Crippen molar-refractivity contribution in [3.8, 4) is 0 Å². The summed E-state index contributed by atoms with van der Waals surface area (Å²) in [6.07, 6.45) is 2.03. The molecule has 2 amide bonds. The van der Waals surface area contributed by atoms with Gasteiger partial charge in [-0.1, -0.05) is 6.07 Å². The van der Waals surface area contributed by atoms with E-state index in [-0.39, 0.29) is 17.4 Å². The number of amides is 2. The van der Waals surface area contributed by atoms with Crippen LogP contribution >= 0.6 is 0 Å². The number of carbonyl (C=O) groups excluding carboxylic acids is 2. The average molecular weight is 261 g/mol. The third-order valence-electron chi connectivity index (χ3n) is 3.24. The zero-order valence-electron chi connectivity index (χ0n) is 10.7. The molecule has 0 aliphatic carbocycles. The van der Waals surface area contributed by atoms with E-state index in [1.165, 1.54) is 6.07 Å². The summed E-state index contributed by atoms with van der Waals surface area (Å²) < 4.78 is 0. The van der Waals surface area contributed by atoms with E-state index in [0.717, 1.165) is 4.90 Å². The number of rotatable bonds is 2. The van der Waals surface area contributed by atoms with E-state index in [2.05, 4.69) is 0 Å². The van der Waals surface area contributed by atoms with Crippen LogP contribution in [0, 0.1) is 6.92 Å². The lowest BCUT2D eigenvalue weighted by atomic mass is 10.1. The minimum absolute atomic E-state index is 0.113. The highest BCUT2D eigenvalue weighted by molar-refractivity contribution is 6.15. The Morgan fingerprint density at radius 2 is 1.74 bits per heavy atom. The molecule has 100 valence electrons. The van der Waals surface area contributed by atoms with Crippen molar-refractivity contribution in [1.29, 1.82) is 0 Å². The van der Waals surface area contributed by atoms with Crippen LogP contribution in [0.2, 0.25) is 0 Å². The number of nitrogens with zero attached hydrogens (tertiary/aromatic N) is 1. The maximum Gasteiger partial charge on any atom is 0.336 e. The zero-order chi connectivity index (χ0) is 14.0. The van der Waals surface area contributed by atoms with Crippen molar-refractivity contribution >= 4 is 23.5 Å². The summed E-state index contributed by atoms with van der Waals surface area (Å²) in [6.45, 7) is 1.68. The van der Waals surface area contributed by atoms with Crippen LogP contribution in [0.3, 0.4) is 0 Å². The van der Waals surface area contributed by atoms with Gasteiger partial charge in [0.1, 0.15) is 0 Å². The van der Waals surface area contributed by atoms with Crippen LogP contribution in [0.15, 0.2) is 18.2 Å². The fourth-order valence-electron chi connectivity index (χ4n) is 2.18. The first kappa shape index (κ1) is 13.3. The van der Waals surface area contributed by atoms with Crippen molar-refractivity contribution < 1.29 is 19.5 Å². The van der Waals surface area contributed by atoms with Crippen LogP contribution in [-0.2, 0) is 9.59 Å². The van der Waals surface area contributed by atoms with E-state index < -0.39 is 5.97 Å². The number of carbonyl (C=O) groups is 3. The molecule has 0 radical (unpaired) electrons. The van der Waals surface area contributed by atoms with Gasteiger partial charge in [-0.15, -0.1) is 0 Å². The number of aromatic carboxylic acids is 1. The molecular weight excluding hydrogens is 246 g/mol. The molecule has 5 heteroatoms. The Morgan fingerprint density at radius 1 is 1.16 bits per heavy atom. The predicted octanol–water partition coefficient (Wildman–Crippen LogP) is 2.13. The van der Waals surface area contributed by atoms with Crippen molar-refractivity contribution in [2.24, 2.45) is 0 Å². The van der Waals surface area contributed by atoms with Crippen molar-refractivity contribution in [3.05, 3.63) is 29.3 Å². The molecule has 1 fully saturated rings. The Balaban J connectivity index is 2.44. The maximum absolute atomic E-state index is 11.9. The van der Waals surface area contributed by atoms with E-state index in [1.807, 2.05) is 0 Å². The molecule has 1 heterocycles. The van der Waals surface area contributed by atoms with Crippen LogP contribution in [0.5, 0.6) is 0 Å². The highest BCUT2D eigenvalue weighted by Gasteiger charge is 2.26. The van der Waals surface area contributed by atoms with Crippen molar-refractivity contribution in [1.82, 2.24) is 0 Å². The summed E-state index contributed by atoms with van der Waals surface area (Å²) >= 11 is 0. The predicted molar refractivity (Wildman–Crippen MR) is 69.1 cm³/mol. The summed E-state index contributed by atoms with van der Waals surface area (Å²) in [5.41, 5.74) is 1.06. The second kappa shape index (κ2) is 5.22. The summed E-state index contributed by atoms with van der Waals surface area (Å²) in [5, 5.41) is 9.09. The van der Waals surface area contributed by atoms with Crippen LogP contribution < -0.4 is 4.90 Å². The second-order valence-corrected chi connectivity index (χ2v) is 4.63. The van der Waals surface area contributed by atoms with E-state index in [4.69, 9.17) is 5.11 Å². The number of benzene rings is 1. The van der Waals surface area contributed by atoms with Gasteiger partial charge in [-0.2, -0.15) is 0 Å². The lowest BCUT2D eigenvalue weighted by Gasteiger charge is -2.19. The summed E-state index contributed by atoms with van der Waals surface area (Å²) in [4.78, 5) is 36.1. The van der Waals surface area contributed by atoms with E-state index >= 15 is 0 Å². The van der Waals surface area contributed by atoms with Gasteiger partial charge < -0.3 is 5.11 Å². The monoisotopic (exact) mass is 261 g/mol. The first-order chi connectivity index (χ1) is 9.00. The molecule has 1 aromatic rings. The van der Waals surface area contributed by atoms with E-state index in [9.17, 15) is 14.4 Å². The normalized spacial score (nSPS) is 16.4. The maximum atomic E-state index is 11.9. The third kappa shape index (κ3) is 2.65. The minimum atomic E-state index is -1.06. The standard InChI is InChI=1S/C14H15NO4/c1-9-6-7-10(8-11(9)14(18)19)15-12(16)4-2-3-5-13(15)17/h6-8H,2-5H2,1H3,(H,18,19). The van der Waals surface area contributed by atoms with Crippen LogP contribution in [0.1, 0.15) is 41.6 Å². The topological polar surface area (TPSA) is 74.7 Å². The largest absolute Gasteiger partial charge is 0.478 e. The lowest BCUT2D eigenvalue weighted by Crippen LogP contribution is -2.35. The molecule has 5 nitrogen and oxygen atoms in total. The number of hydrogen-bond donors (Lipinski definition) is 1. The van der Waals surface area contributed by atoms with Gasteiger partial charge in [0.15, 0.2) is 0 Å². The smallest absolute Gasteiger partial charge is 0.336 e. The van der Waals surface area contributed by atoms with Crippen LogP contribution in [0.25, 0.3) is 0 Å². The number of aryl methyl sites for hydroxylation is 1. The highest BCUT2D eigenvalue weighted by Crippen LogP contribution is 2.24. The molecular formula is C14H15NO4. The Bertz CT molecular complexity index is 532. The number of anilines is 1. The molecule has 0 saturated carbocycles. The minimum Gasteiger partial charge on any atom is -0.478 e. The molecule has 1 aromatic carbocycles. The first-order valence-electron chi connectivity index (χ1n) is 6.20. The second-order valence-electron chi connectivity index (χ2n) is 4.63. The quantitative estimate of drug-likeness (QED) is 0.827. The molecule has 0 aromatic heterocycles. The van der Waals surface area contributed by atoms with Gasteiger partial charge in [-0.25, -0.2) is 4.79 Å². The number of hydrogen-bond acceptors (Lipinski definition) is 3. The molecule has 1 saturated heterocycles. The molecule has 1 aliphatic heterocycles. The fourth-order valence-corrected chi connectivity index (χ4v) is 2.18. The molecule has 19 heavy (non-hydrogen) atoms. The lowest BCUT2D eigenvalue weighted by molar-refractivity contribution is -0.125. The van der Waals surface area contributed by atoms with Gasteiger partial charge in [0.2, 0.25) is 11.8 Å². The van der Waals surface area contributed by atoms with Crippen LogP contribution in [0.4, 0.5) is 5.69 Å².